The third kappa shape index (κ3) is 7.72. The molecular formula is C41H46N13O2+. The number of nitrogens with zero attached hydrogens (tertiary/aromatic N) is 11. The first-order chi connectivity index (χ1) is 27.3. The van der Waals surface area contributed by atoms with E-state index in [1.807, 2.05) is 18.2 Å². The summed E-state index contributed by atoms with van der Waals surface area (Å²) >= 11 is 0. The van der Waals surface area contributed by atoms with Gasteiger partial charge < -0.3 is 10.2 Å². The van der Waals surface area contributed by atoms with Crippen LogP contribution in [0.5, 0.6) is 0 Å². The predicted molar refractivity (Wildman–Crippen MR) is 210 cm³/mol. The van der Waals surface area contributed by atoms with Crippen molar-refractivity contribution in [3.05, 3.63) is 66.1 Å². The van der Waals surface area contributed by atoms with Gasteiger partial charge in [-0.3, -0.25) is 19.8 Å². The smallest absolute Gasteiger partial charge is 0.234 e. The van der Waals surface area contributed by atoms with Crippen molar-refractivity contribution in [1.29, 1.82) is 10.5 Å². The number of hydrogen-bond acceptors (Lipinski definition) is 12. The topological polar surface area (TPSA) is 184 Å². The Hall–Kier alpha value is -6.06. The van der Waals surface area contributed by atoms with E-state index in [1.54, 1.807) is 34.8 Å². The van der Waals surface area contributed by atoms with Gasteiger partial charge in [-0.05, 0) is 74.6 Å². The van der Waals surface area contributed by atoms with Crippen molar-refractivity contribution in [2.24, 2.45) is 28.1 Å². The molecule has 4 aromatic rings. The number of carbonyl (C=O) groups is 2. The van der Waals surface area contributed by atoms with Crippen molar-refractivity contribution in [2.75, 3.05) is 42.9 Å². The standard InChI is InChI=1S/C41H45N13O2/c1-26(24-51-13-15-52(16-14-51)33-9-7-30(8-10-33)34-11-12-39(55)48-41(34)56)29-3-5-31(6-4-29)36-25-53(50-49-36)37-23-44-38(18-35(37)47-27(2)19-42)54-40-32(22-46-54)17-28(20-43)21-45-40/h7-10,17-18,21-23,25-27,29,31,34,36H,3-6,11-16,24H2,1-2H3,(H-,44,47,48,55,56)/p+1/t26?,27-,29?,31?,34?,36+/m1/s1. The zero-order chi connectivity index (χ0) is 38.8. The van der Waals surface area contributed by atoms with Crippen LogP contribution in [-0.4, -0.2) is 92.2 Å². The zero-order valence-electron chi connectivity index (χ0n) is 31.8. The number of nitriles is 2. The van der Waals surface area contributed by atoms with Gasteiger partial charge in [-0.15, -0.1) is 0 Å². The highest BCUT2D eigenvalue weighted by Crippen LogP contribution is 2.38. The molecule has 8 rings (SSSR count). The number of imide groups is 1. The number of piperidine rings is 1. The van der Waals surface area contributed by atoms with Crippen molar-refractivity contribution in [1.82, 2.24) is 30.0 Å². The largest absolute Gasteiger partial charge is 0.369 e. The molecule has 4 atom stereocenters. The Morgan fingerprint density at radius 3 is 2.48 bits per heavy atom. The molecule has 2 unspecified atom stereocenters. The Labute approximate surface area is 325 Å². The molecule has 3 fully saturated rings. The van der Waals surface area contributed by atoms with Crippen LogP contribution in [0, 0.1) is 40.4 Å². The molecule has 1 aromatic carbocycles. The Balaban J connectivity index is 0.843. The van der Waals surface area contributed by atoms with Gasteiger partial charge in [0.2, 0.25) is 17.9 Å². The Morgan fingerprint density at radius 2 is 1.75 bits per heavy atom. The van der Waals surface area contributed by atoms with Gasteiger partial charge in [-0.25, -0.2) is 9.97 Å². The highest BCUT2D eigenvalue weighted by Gasteiger charge is 2.37. The minimum Gasteiger partial charge on any atom is -0.369 e. The molecular weight excluding hydrogens is 707 g/mol. The quantitative estimate of drug-likeness (QED) is 0.160. The summed E-state index contributed by atoms with van der Waals surface area (Å²) in [6.07, 6.45) is 12.5. The van der Waals surface area contributed by atoms with E-state index in [1.165, 1.54) is 24.7 Å². The van der Waals surface area contributed by atoms with Crippen LogP contribution in [0.3, 0.4) is 0 Å². The van der Waals surface area contributed by atoms with Crippen molar-refractivity contribution in [2.45, 2.75) is 70.4 Å². The van der Waals surface area contributed by atoms with Crippen LogP contribution < -0.4 is 15.5 Å². The van der Waals surface area contributed by atoms with Crippen LogP contribution in [-0.2, 0) is 9.59 Å². The number of amides is 2. The fourth-order valence-electron chi connectivity index (χ4n) is 8.66. The monoisotopic (exact) mass is 752 g/mol. The number of rotatable bonds is 10. The van der Waals surface area contributed by atoms with Crippen LogP contribution >= 0.6 is 0 Å². The molecule has 3 aliphatic heterocycles. The van der Waals surface area contributed by atoms with Crippen molar-refractivity contribution < 1.29 is 14.3 Å². The maximum atomic E-state index is 12.3. The van der Waals surface area contributed by atoms with Gasteiger partial charge in [0.25, 0.3) is 0 Å². The number of fused-ring (bicyclic) bond motifs is 1. The lowest BCUT2D eigenvalue weighted by Gasteiger charge is -2.39. The first-order valence-electron chi connectivity index (χ1n) is 19.6. The van der Waals surface area contributed by atoms with Gasteiger partial charge >= 0.3 is 0 Å². The minimum atomic E-state index is -0.461. The van der Waals surface area contributed by atoms with Gasteiger partial charge in [0.05, 0.1) is 35.6 Å². The SMILES string of the molecule is CC(CN1CCN(c2ccc(C3CCC(=O)NC3=O)cc2)CC1)C1CCC([C@@H]2C=[N+](c3cnc(-n4ncc5cc(C#N)cnc54)cc3N[C@H](C)C#N)N=N2)CC1. The molecule has 3 aromatic heterocycles. The summed E-state index contributed by atoms with van der Waals surface area (Å²) < 4.78 is 3.39. The van der Waals surface area contributed by atoms with Crippen LogP contribution in [0.25, 0.3) is 16.9 Å². The Kier molecular flexibility index (Phi) is 10.5. The third-order valence-corrected chi connectivity index (χ3v) is 11.9. The average Bonchev–Trinajstić information content (AvgIpc) is 3.89. The van der Waals surface area contributed by atoms with Gasteiger partial charge in [-0.2, -0.15) is 20.3 Å². The molecule has 15 heteroatoms. The fourth-order valence-corrected chi connectivity index (χ4v) is 8.66. The number of hydrogen-bond donors (Lipinski definition) is 2. The molecule has 286 valence electrons. The summed E-state index contributed by atoms with van der Waals surface area (Å²) in [4.78, 5) is 38.0. The molecule has 0 radical (unpaired) electrons. The second-order valence-corrected chi connectivity index (χ2v) is 15.6. The Bertz CT molecular complexity index is 2250. The molecule has 0 bridgehead atoms. The summed E-state index contributed by atoms with van der Waals surface area (Å²) in [6, 6.07) is 15.8. The Morgan fingerprint density at radius 1 is 0.964 bits per heavy atom. The van der Waals surface area contributed by atoms with E-state index in [-0.39, 0.29) is 23.8 Å². The normalized spacial score (nSPS) is 23.9. The van der Waals surface area contributed by atoms with Crippen molar-refractivity contribution in [3.63, 3.8) is 0 Å². The van der Waals surface area contributed by atoms with Gasteiger partial charge in [-0.1, -0.05) is 23.7 Å². The van der Waals surface area contributed by atoms with Crippen molar-refractivity contribution in [3.8, 4) is 18.0 Å². The molecule has 15 nitrogen and oxygen atoms in total. The van der Waals surface area contributed by atoms with Crippen LogP contribution in [0.4, 0.5) is 17.1 Å². The molecule has 1 aliphatic carbocycles. The molecule has 2 N–H and O–H groups in total. The minimum absolute atomic E-state index is 0.0214. The highest BCUT2D eigenvalue weighted by molar-refractivity contribution is 6.01. The molecule has 2 amide bonds. The first-order valence-corrected chi connectivity index (χ1v) is 19.6. The number of piperazine rings is 1. The lowest BCUT2D eigenvalue weighted by Crippen LogP contribution is -2.48. The summed E-state index contributed by atoms with van der Waals surface area (Å²) in [5.41, 5.74) is 4.57. The van der Waals surface area contributed by atoms with E-state index >= 15 is 0 Å². The maximum Gasteiger partial charge on any atom is 0.234 e. The van der Waals surface area contributed by atoms with Gasteiger partial charge in [0, 0.05) is 73.5 Å². The van der Waals surface area contributed by atoms with E-state index in [0.29, 0.717) is 59.0 Å². The lowest BCUT2D eigenvalue weighted by atomic mass is 9.74. The maximum absolute atomic E-state index is 12.3. The summed E-state index contributed by atoms with van der Waals surface area (Å²) in [5.74, 6) is 1.60. The molecule has 1 saturated carbocycles. The van der Waals surface area contributed by atoms with Crippen LogP contribution in [0.2, 0.25) is 0 Å². The van der Waals surface area contributed by atoms with E-state index in [4.69, 9.17) is 10.1 Å². The van der Waals surface area contributed by atoms with Gasteiger partial charge in [0.1, 0.15) is 23.5 Å². The van der Waals surface area contributed by atoms with Crippen LogP contribution in [0.1, 0.15) is 69.4 Å². The zero-order valence-corrected chi connectivity index (χ0v) is 31.8. The first kappa shape index (κ1) is 36.9. The predicted octanol–water partition coefficient (Wildman–Crippen LogP) is 5.26. The summed E-state index contributed by atoms with van der Waals surface area (Å²) in [7, 11) is 0. The summed E-state index contributed by atoms with van der Waals surface area (Å²) in [5, 5.41) is 39.1. The average molecular weight is 753 g/mol. The van der Waals surface area contributed by atoms with E-state index in [0.717, 1.165) is 56.5 Å². The van der Waals surface area contributed by atoms with E-state index in [2.05, 4.69) is 73.1 Å². The number of pyridine rings is 2. The summed E-state index contributed by atoms with van der Waals surface area (Å²) in [6.45, 7) is 9.31. The molecule has 4 aliphatic rings. The second-order valence-electron chi connectivity index (χ2n) is 15.6. The number of anilines is 2. The fraction of sp³-hybridized carbons (Fsp3) is 0.463. The molecule has 56 heavy (non-hydrogen) atoms. The second kappa shape index (κ2) is 16.0. The molecule has 0 spiro atoms. The number of aromatic nitrogens is 4. The lowest BCUT2D eigenvalue weighted by molar-refractivity contribution is -0.443. The van der Waals surface area contributed by atoms with Gasteiger partial charge in [0.15, 0.2) is 17.2 Å². The van der Waals surface area contributed by atoms with Crippen molar-refractivity contribution >= 4 is 46.1 Å². The highest BCUT2D eigenvalue weighted by atomic mass is 16.2. The van der Waals surface area contributed by atoms with E-state index in [9.17, 15) is 20.1 Å². The molecule has 6 heterocycles. The number of benzene rings is 1. The number of carbonyl (C=O) groups excluding carboxylic acids is 2. The molecule has 2 saturated heterocycles. The number of nitrogens with one attached hydrogen (secondary N) is 2. The third-order valence-electron chi connectivity index (χ3n) is 11.9. The van der Waals surface area contributed by atoms with E-state index < -0.39 is 6.04 Å². The van der Waals surface area contributed by atoms with Crippen LogP contribution in [0.15, 0.2) is 65.3 Å².